The number of rotatable bonds is 3. The summed E-state index contributed by atoms with van der Waals surface area (Å²) in [6.07, 6.45) is 8.68. The van der Waals surface area contributed by atoms with Gasteiger partial charge in [0.15, 0.2) is 0 Å². The molecular formula is C10H17NO. The van der Waals surface area contributed by atoms with Gasteiger partial charge >= 0.3 is 0 Å². The normalized spacial score (nSPS) is 34.4. The maximum atomic E-state index is 5.10. The first kappa shape index (κ1) is 8.27. The molecule has 1 saturated heterocycles. The first-order valence-electron chi connectivity index (χ1n) is 4.83. The van der Waals surface area contributed by atoms with Gasteiger partial charge in [0, 0.05) is 25.7 Å². The van der Waals surface area contributed by atoms with Gasteiger partial charge in [-0.25, -0.2) is 0 Å². The van der Waals surface area contributed by atoms with Crippen LogP contribution >= 0.6 is 0 Å². The van der Waals surface area contributed by atoms with E-state index in [2.05, 4.69) is 17.1 Å². The molecule has 0 spiro atoms. The Hall–Kier alpha value is -0.340. The maximum absolute atomic E-state index is 5.10. The molecule has 0 saturated carbocycles. The number of hydrogen-bond acceptors (Lipinski definition) is 2. The number of methoxy groups -OCH3 is 1. The van der Waals surface area contributed by atoms with Crippen molar-refractivity contribution in [1.29, 1.82) is 0 Å². The molecule has 2 aliphatic rings. The molecule has 2 bridgehead atoms. The summed E-state index contributed by atoms with van der Waals surface area (Å²) in [4.78, 5) is 2.59. The van der Waals surface area contributed by atoms with Gasteiger partial charge in [-0.2, -0.15) is 0 Å². The Labute approximate surface area is 74.2 Å². The summed E-state index contributed by atoms with van der Waals surface area (Å²) in [6.45, 7) is 1.98. The summed E-state index contributed by atoms with van der Waals surface area (Å²) in [6, 6.07) is 1.54. The lowest BCUT2D eigenvalue weighted by Gasteiger charge is -2.30. The summed E-state index contributed by atoms with van der Waals surface area (Å²) < 4.78 is 5.10. The molecule has 2 rings (SSSR count). The van der Waals surface area contributed by atoms with Crippen LogP contribution in [0.15, 0.2) is 12.2 Å². The Bertz CT molecular complexity index is 179. The van der Waals surface area contributed by atoms with Gasteiger partial charge in [-0.05, 0) is 19.3 Å². The molecule has 0 amide bonds. The van der Waals surface area contributed by atoms with Gasteiger partial charge in [-0.3, -0.25) is 4.90 Å². The molecule has 2 heterocycles. The van der Waals surface area contributed by atoms with E-state index >= 15 is 0 Å². The molecular weight excluding hydrogens is 150 g/mol. The molecule has 12 heavy (non-hydrogen) atoms. The molecule has 0 aliphatic carbocycles. The minimum Gasteiger partial charge on any atom is -0.383 e. The van der Waals surface area contributed by atoms with Crippen LogP contribution < -0.4 is 0 Å². The van der Waals surface area contributed by atoms with Gasteiger partial charge in [-0.1, -0.05) is 12.2 Å². The van der Waals surface area contributed by atoms with Crippen LogP contribution in [-0.2, 0) is 4.74 Å². The lowest BCUT2D eigenvalue weighted by atomic mass is 10.1. The monoisotopic (exact) mass is 167 g/mol. The van der Waals surface area contributed by atoms with Gasteiger partial charge in [0.2, 0.25) is 0 Å². The number of hydrogen-bond donors (Lipinski definition) is 0. The molecule has 2 unspecified atom stereocenters. The largest absolute Gasteiger partial charge is 0.383 e. The van der Waals surface area contributed by atoms with Crippen LogP contribution in [0.2, 0.25) is 0 Å². The smallest absolute Gasteiger partial charge is 0.0590 e. The van der Waals surface area contributed by atoms with Crippen LogP contribution in [0.1, 0.15) is 19.3 Å². The van der Waals surface area contributed by atoms with Crippen molar-refractivity contribution in [2.45, 2.75) is 31.3 Å². The Morgan fingerprint density at radius 2 is 2.42 bits per heavy atom. The van der Waals surface area contributed by atoms with Crippen LogP contribution in [0.5, 0.6) is 0 Å². The number of ether oxygens (including phenoxy) is 1. The second-order valence-corrected chi connectivity index (χ2v) is 3.69. The summed E-state index contributed by atoms with van der Waals surface area (Å²) in [5.41, 5.74) is 0. The second-order valence-electron chi connectivity index (χ2n) is 3.69. The van der Waals surface area contributed by atoms with Crippen molar-refractivity contribution in [1.82, 2.24) is 4.90 Å². The van der Waals surface area contributed by atoms with Gasteiger partial charge in [0.25, 0.3) is 0 Å². The molecule has 0 aromatic carbocycles. The first-order valence-corrected chi connectivity index (χ1v) is 4.83. The van der Waals surface area contributed by atoms with E-state index in [1.807, 2.05) is 0 Å². The van der Waals surface area contributed by atoms with E-state index in [9.17, 15) is 0 Å². The zero-order valence-corrected chi connectivity index (χ0v) is 7.70. The minimum atomic E-state index is 0.721. The summed E-state index contributed by atoms with van der Waals surface area (Å²) in [7, 11) is 1.78. The van der Waals surface area contributed by atoms with E-state index in [1.165, 1.54) is 19.3 Å². The van der Waals surface area contributed by atoms with Crippen molar-refractivity contribution in [2.24, 2.45) is 0 Å². The van der Waals surface area contributed by atoms with Crippen molar-refractivity contribution in [3.05, 3.63) is 12.2 Å². The molecule has 1 fully saturated rings. The van der Waals surface area contributed by atoms with Crippen LogP contribution in [0.3, 0.4) is 0 Å². The predicted molar refractivity (Wildman–Crippen MR) is 49.1 cm³/mol. The van der Waals surface area contributed by atoms with Gasteiger partial charge in [0.05, 0.1) is 6.61 Å². The van der Waals surface area contributed by atoms with Crippen LogP contribution in [0.4, 0.5) is 0 Å². The molecule has 2 aliphatic heterocycles. The van der Waals surface area contributed by atoms with E-state index in [0.29, 0.717) is 0 Å². The third kappa shape index (κ3) is 1.41. The highest BCUT2D eigenvalue weighted by Gasteiger charge is 2.32. The Balaban J connectivity index is 1.93. The molecule has 2 atom stereocenters. The highest BCUT2D eigenvalue weighted by molar-refractivity contribution is 5.07. The van der Waals surface area contributed by atoms with Crippen LogP contribution in [-0.4, -0.2) is 37.2 Å². The number of nitrogens with zero attached hydrogens (tertiary/aromatic N) is 1. The van der Waals surface area contributed by atoms with Crippen molar-refractivity contribution in [2.75, 3.05) is 20.3 Å². The summed E-state index contributed by atoms with van der Waals surface area (Å²) >= 11 is 0. The standard InChI is InChI=1S/C10H17NO/c1-12-8-7-11-9-3-2-4-10(11)6-5-9/h2-3,9-10H,4-8H2,1H3. The molecule has 68 valence electrons. The lowest BCUT2D eigenvalue weighted by molar-refractivity contribution is 0.124. The fourth-order valence-corrected chi connectivity index (χ4v) is 2.36. The molecule has 0 N–H and O–H groups in total. The van der Waals surface area contributed by atoms with Gasteiger partial charge in [-0.15, -0.1) is 0 Å². The van der Waals surface area contributed by atoms with Crippen molar-refractivity contribution in [3.8, 4) is 0 Å². The fourth-order valence-electron chi connectivity index (χ4n) is 2.36. The summed E-state index contributed by atoms with van der Waals surface area (Å²) in [5, 5.41) is 0. The fraction of sp³-hybridized carbons (Fsp3) is 0.800. The first-order chi connectivity index (χ1) is 5.92. The Morgan fingerprint density at radius 1 is 1.50 bits per heavy atom. The molecule has 0 aromatic rings. The van der Waals surface area contributed by atoms with E-state index < -0.39 is 0 Å². The predicted octanol–water partition coefficient (Wildman–Crippen LogP) is 1.43. The SMILES string of the molecule is COCCN1C2C=CCC1CC2. The van der Waals surface area contributed by atoms with Gasteiger partial charge < -0.3 is 4.74 Å². The number of fused-ring (bicyclic) bond motifs is 2. The third-order valence-electron chi connectivity index (χ3n) is 3.01. The Kier molecular flexibility index (Phi) is 2.47. The van der Waals surface area contributed by atoms with Crippen molar-refractivity contribution < 1.29 is 4.74 Å². The van der Waals surface area contributed by atoms with Gasteiger partial charge in [0.1, 0.15) is 0 Å². The zero-order chi connectivity index (χ0) is 8.39. The quantitative estimate of drug-likeness (QED) is 0.589. The highest BCUT2D eigenvalue weighted by Crippen LogP contribution is 2.30. The lowest BCUT2D eigenvalue weighted by Crippen LogP contribution is -2.39. The van der Waals surface area contributed by atoms with E-state index in [0.717, 1.165) is 25.2 Å². The van der Waals surface area contributed by atoms with Crippen LogP contribution in [0, 0.1) is 0 Å². The van der Waals surface area contributed by atoms with E-state index in [-0.39, 0.29) is 0 Å². The second kappa shape index (κ2) is 3.58. The van der Waals surface area contributed by atoms with Crippen molar-refractivity contribution in [3.63, 3.8) is 0 Å². The third-order valence-corrected chi connectivity index (χ3v) is 3.01. The topological polar surface area (TPSA) is 12.5 Å². The molecule has 0 radical (unpaired) electrons. The van der Waals surface area contributed by atoms with E-state index in [1.54, 1.807) is 7.11 Å². The van der Waals surface area contributed by atoms with E-state index in [4.69, 9.17) is 4.74 Å². The van der Waals surface area contributed by atoms with Crippen molar-refractivity contribution >= 4 is 0 Å². The zero-order valence-electron chi connectivity index (χ0n) is 7.70. The van der Waals surface area contributed by atoms with Crippen LogP contribution in [0.25, 0.3) is 0 Å². The maximum Gasteiger partial charge on any atom is 0.0590 e. The Morgan fingerprint density at radius 3 is 3.17 bits per heavy atom. The average Bonchev–Trinajstić information content (AvgIpc) is 2.36. The minimum absolute atomic E-state index is 0.721. The summed E-state index contributed by atoms with van der Waals surface area (Å²) in [5.74, 6) is 0. The molecule has 0 aromatic heterocycles. The average molecular weight is 167 g/mol. The highest BCUT2D eigenvalue weighted by atomic mass is 16.5. The molecule has 2 heteroatoms. The molecule has 2 nitrogen and oxygen atoms in total.